The molecule has 0 unspecified atom stereocenters. The van der Waals surface area contributed by atoms with Crippen LogP contribution in [0.15, 0.2) is 42.5 Å². The van der Waals surface area contributed by atoms with Crippen LogP contribution in [0.3, 0.4) is 0 Å². The summed E-state index contributed by atoms with van der Waals surface area (Å²) in [5.41, 5.74) is 14.7. The molecule has 0 saturated carbocycles. The van der Waals surface area contributed by atoms with Gasteiger partial charge in [0.25, 0.3) is 5.91 Å². The minimum atomic E-state index is -0.766. The van der Waals surface area contributed by atoms with Crippen molar-refractivity contribution < 1.29 is 9.59 Å². The number of aromatic amines is 1. The Hall–Kier alpha value is -3.28. The molecule has 0 bridgehead atoms. The van der Waals surface area contributed by atoms with E-state index in [1.54, 1.807) is 6.07 Å². The first kappa shape index (κ1) is 14.6. The molecule has 0 saturated heterocycles. The van der Waals surface area contributed by atoms with Crippen molar-refractivity contribution in [2.45, 2.75) is 6.92 Å². The molecule has 3 rings (SSSR count). The zero-order valence-corrected chi connectivity index (χ0v) is 12.5. The van der Waals surface area contributed by atoms with Gasteiger partial charge in [0.1, 0.15) is 5.82 Å². The van der Waals surface area contributed by atoms with Gasteiger partial charge in [0, 0.05) is 10.9 Å². The summed E-state index contributed by atoms with van der Waals surface area (Å²) in [5, 5.41) is 3.03. The van der Waals surface area contributed by atoms with Gasteiger partial charge in [-0.15, -0.1) is 0 Å². The number of carbonyl (C=O) groups excluding carboxylic acids is 2. The zero-order valence-electron chi connectivity index (χ0n) is 12.5. The molecule has 116 valence electrons. The van der Waals surface area contributed by atoms with Crippen LogP contribution in [-0.4, -0.2) is 16.9 Å². The lowest BCUT2D eigenvalue weighted by molar-refractivity contribution is 0.100. The number of carbonyl (C=O) groups is 2. The van der Waals surface area contributed by atoms with Gasteiger partial charge in [-0.1, -0.05) is 42.0 Å². The molecule has 1 heterocycles. The smallest absolute Gasteiger partial charge is 0.317 e. The molecule has 6 N–H and O–H groups in total. The summed E-state index contributed by atoms with van der Waals surface area (Å²) in [5.74, 6) is -0.426. The number of aromatic nitrogens is 1. The quantitative estimate of drug-likeness (QED) is 0.596. The molecule has 0 atom stereocenters. The van der Waals surface area contributed by atoms with Gasteiger partial charge >= 0.3 is 6.03 Å². The first-order valence-electron chi connectivity index (χ1n) is 7.04. The molecule has 6 nitrogen and oxygen atoms in total. The molecule has 1 aromatic heterocycles. The van der Waals surface area contributed by atoms with Crippen molar-refractivity contribution in [1.29, 1.82) is 0 Å². The fraction of sp³-hybridized carbons (Fsp3) is 0.0588. The minimum absolute atomic E-state index is 0.210. The third-order valence-electron chi connectivity index (χ3n) is 3.64. The summed E-state index contributed by atoms with van der Waals surface area (Å²) >= 11 is 0. The molecule has 3 amide bonds. The zero-order chi connectivity index (χ0) is 16.6. The van der Waals surface area contributed by atoms with Gasteiger partial charge in [-0.3, -0.25) is 10.1 Å². The Kier molecular flexibility index (Phi) is 3.50. The maximum absolute atomic E-state index is 11.7. The van der Waals surface area contributed by atoms with E-state index in [2.05, 4.69) is 16.4 Å². The fourth-order valence-electron chi connectivity index (χ4n) is 2.67. The Morgan fingerprint density at radius 3 is 2.43 bits per heavy atom. The van der Waals surface area contributed by atoms with Crippen LogP contribution in [0.5, 0.6) is 0 Å². The van der Waals surface area contributed by atoms with Crippen molar-refractivity contribution >= 4 is 28.7 Å². The number of nitrogens with one attached hydrogen (secondary N) is 2. The Bertz CT molecular complexity index is 927. The number of amides is 3. The van der Waals surface area contributed by atoms with E-state index in [0.717, 1.165) is 16.7 Å². The average Bonchev–Trinajstić information content (AvgIpc) is 2.83. The predicted molar refractivity (Wildman–Crippen MR) is 90.2 cm³/mol. The van der Waals surface area contributed by atoms with E-state index in [1.165, 1.54) is 0 Å². The number of fused-ring (bicyclic) bond motifs is 1. The molecular formula is C17H16N4O2. The Morgan fingerprint density at radius 1 is 1.04 bits per heavy atom. The third-order valence-corrected chi connectivity index (χ3v) is 3.64. The molecule has 0 radical (unpaired) electrons. The van der Waals surface area contributed by atoms with Crippen LogP contribution in [-0.2, 0) is 0 Å². The van der Waals surface area contributed by atoms with E-state index < -0.39 is 11.9 Å². The second kappa shape index (κ2) is 5.49. The summed E-state index contributed by atoms with van der Waals surface area (Å²) in [6, 6.07) is 12.9. The number of nitrogens with two attached hydrogens (primary N) is 2. The van der Waals surface area contributed by atoms with Crippen molar-refractivity contribution in [3.8, 4) is 11.1 Å². The van der Waals surface area contributed by atoms with Gasteiger partial charge in [0.2, 0.25) is 0 Å². The summed E-state index contributed by atoms with van der Waals surface area (Å²) in [6.07, 6.45) is 0. The number of hydrogen-bond acceptors (Lipinski definition) is 2. The number of primary amides is 2. The van der Waals surface area contributed by atoms with Crippen molar-refractivity contribution in [2.24, 2.45) is 11.5 Å². The second-order valence-electron chi connectivity index (χ2n) is 5.36. The van der Waals surface area contributed by atoms with Crippen molar-refractivity contribution in [3.05, 3.63) is 53.6 Å². The highest BCUT2D eigenvalue weighted by atomic mass is 16.2. The van der Waals surface area contributed by atoms with Crippen LogP contribution in [0.4, 0.5) is 10.6 Å². The Labute approximate surface area is 132 Å². The van der Waals surface area contributed by atoms with Gasteiger partial charge in [0.05, 0.1) is 5.56 Å². The number of hydrogen-bond donors (Lipinski definition) is 4. The maximum atomic E-state index is 11.7. The van der Waals surface area contributed by atoms with Gasteiger partial charge in [-0.05, 0) is 24.1 Å². The van der Waals surface area contributed by atoms with E-state index in [1.807, 2.05) is 37.3 Å². The van der Waals surface area contributed by atoms with Gasteiger partial charge < -0.3 is 16.5 Å². The number of H-pyrrole nitrogens is 1. The van der Waals surface area contributed by atoms with E-state index in [-0.39, 0.29) is 11.4 Å². The molecule has 0 aliphatic heterocycles. The lowest BCUT2D eigenvalue weighted by Crippen LogP contribution is -2.22. The summed E-state index contributed by atoms with van der Waals surface area (Å²) in [6.45, 7) is 2.02. The van der Waals surface area contributed by atoms with Crippen LogP contribution in [0.1, 0.15) is 15.9 Å². The number of aryl methyl sites for hydroxylation is 1. The van der Waals surface area contributed by atoms with Gasteiger partial charge in [-0.25, -0.2) is 4.79 Å². The molecule has 3 aromatic rings. The topological polar surface area (TPSA) is 114 Å². The summed E-state index contributed by atoms with van der Waals surface area (Å²) < 4.78 is 0. The van der Waals surface area contributed by atoms with Crippen molar-refractivity contribution in [1.82, 2.24) is 4.98 Å². The van der Waals surface area contributed by atoms with E-state index in [0.29, 0.717) is 10.9 Å². The van der Waals surface area contributed by atoms with Crippen LogP contribution in [0, 0.1) is 6.92 Å². The van der Waals surface area contributed by atoms with Crippen molar-refractivity contribution in [2.75, 3.05) is 5.32 Å². The first-order valence-corrected chi connectivity index (χ1v) is 7.04. The SMILES string of the molecule is Cc1cccc(-c2ccc3c(C(N)=O)c(NC(N)=O)[nH]c3c2)c1. The number of rotatable bonds is 3. The maximum Gasteiger partial charge on any atom is 0.317 e. The fourth-order valence-corrected chi connectivity index (χ4v) is 2.67. The lowest BCUT2D eigenvalue weighted by Gasteiger charge is -2.03. The highest BCUT2D eigenvalue weighted by molar-refractivity contribution is 6.13. The van der Waals surface area contributed by atoms with Crippen LogP contribution in [0.25, 0.3) is 22.0 Å². The second-order valence-corrected chi connectivity index (χ2v) is 5.36. The molecule has 23 heavy (non-hydrogen) atoms. The standard InChI is InChI=1S/C17H16N4O2/c1-9-3-2-4-10(7-9)11-5-6-12-13(8-11)20-16(21-17(19)23)14(12)15(18)22/h2-8,20H,1H3,(H2,18,22)(H3,19,21,23). The molecule has 6 heteroatoms. The van der Waals surface area contributed by atoms with E-state index >= 15 is 0 Å². The minimum Gasteiger partial charge on any atom is -0.365 e. The van der Waals surface area contributed by atoms with Crippen LogP contribution in [0.2, 0.25) is 0 Å². The Balaban J connectivity index is 2.17. The van der Waals surface area contributed by atoms with Gasteiger partial charge in [0.15, 0.2) is 0 Å². The van der Waals surface area contributed by atoms with Crippen molar-refractivity contribution in [3.63, 3.8) is 0 Å². The molecule has 0 fully saturated rings. The van der Waals surface area contributed by atoms with Crippen LogP contribution < -0.4 is 16.8 Å². The highest BCUT2D eigenvalue weighted by Gasteiger charge is 2.17. The monoisotopic (exact) mass is 308 g/mol. The molecule has 0 spiro atoms. The molecule has 0 aliphatic rings. The molecule has 0 aliphatic carbocycles. The molecule has 2 aromatic carbocycles. The van der Waals surface area contributed by atoms with Gasteiger partial charge in [-0.2, -0.15) is 0 Å². The van der Waals surface area contributed by atoms with E-state index in [9.17, 15) is 9.59 Å². The molecular weight excluding hydrogens is 292 g/mol. The highest BCUT2D eigenvalue weighted by Crippen LogP contribution is 2.30. The normalized spacial score (nSPS) is 10.7. The largest absolute Gasteiger partial charge is 0.365 e. The summed E-state index contributed by atoms with van der Waals surface area (Å²) in [7, 11) is 0. The average molecular weight is 308 g/mol. The third kappa shape index (κ3) is 2.74. The van der Waals surface area contributed by atoms with Crippen LogP contribution >= 0.6 is 0 Å². The summed E-state index contributed by atoms with van der Waals surface area (Å²) in [4.78, 5) is 25.8. The lowest BCUT2D eigenvalue weighted by atomic mass is 10.0. The Morgan fingerprint density at radius 2 is 1.78 bits per heavy atom. The number of anilines is 1. The number of urea groups is 1. The predicted octanol–water partition coefficient (Wildman–Crippen LogP) is 2.73. The number of benzene rings is 2. The first-order chi connectivity index (χ1) is 11.0. The van der Waals surface area contributed by atoms with E-state index in [4.69, 9.17) is 11.5 Å².